The Morgan fingerprint density at radius 3 is 2.83 bits per heavy atom. The van der Waals surface area contributed by atoms with Crippen LogP contribution in [0.5, 0.6) is 11.5 Å². The third-order valence-corrected chi connectivity index (χ3v) is 4.23. The van der Waals surface area contributed by atoms with Gasteiger partial charge in [0.2, 0.25) is 18.6 Å². The molecule has 24 heavy (non-hydrogen) atoms. The number of benzene rings is 1. The predicted molar refractivity (Wildman–Crippen MR) is 88.6 cm³/mol. The first-order chi connectivity index (χ1) is 11.6. The van der Waals surface area contributed by atoms with Crippen LogP contribution in [0.25, 0.3) is 0 Å². The molecule has 2 atom stereocenters. The summed E-state index contributed by atoms with van der Waals surface area (Å²) in [4.78, 5) is 24.2. The molecule has 0 fully saturated rings. The fourth-order valence-electron chi connectivity index (χ4n) is 2.81. The molecule has 0 saturated heterocycles. The van der Waals surface area contributed by atoms with Crippen molar-refractivity contribution in [1.29, 1.82) is 0 Å². The van der Waals surface area contributed by atoms with Gasteiger partial charge in [-0.05, 0) is 30.5 Å². The van der Waals surface area contributed by atoms with Crippen molar-refractivity contribution in [3.63, 3.8) is 0 Å². The number of rotatable bonds is 1. The minimum absolute atomic E-state index is 0.0914. The van der Waals surface area contributed by atoms with Gasteiger partial charge in [-0.2, -0.15) is 0 Å². The van der Waals surface area contributed by atoms with Gasteiger partial charge in [-0.1, -0.05) is 25.1 Å². The Morgan fingerprint density at radius 1 is 1.12 bits per heavy atom. The van der Waals surface area contributed by atoms with Crippen LogP contribution in [0.1, 0.15) is 37.8 Å². The third kappa shape index (κ3) is 3.88. The third-order valence-electron chi connectivity index (χ3n) is 4.23. The maximum Gasteiger partial charge on any atom is 0.231 e. The molecule has 1 aromatic rings. The van der Waals surface area contributed by atoms with Gasteiger partial charge in [0.05, 0.1) is 6.04 Å². The van der Waals surface area contributed by atoms with Crippen LogP contribution in [0.4, 0.5) is 0 Å². The summed E-state index contributed by atoms with van der Waals surface area (Å²) in [5, 5.41) is 5.87. The topological polar surface area (TPSA) is 76.7 Å². The SMILES string of the molecule is C[C@@H]1CC(=O)NCC/C=C\C[C@@H](c2ccc3c(c2)OCO3)NC1=O. The number of ether oxygens (including phenoxy) is 2. The number of hydrogen-bond acceptors (Lipinski definition) is 4. The Morgan fingerprint density at radius 2 is 1.96 bits per heavy atom. The van der Waals surface area contributed by atoms with E-state index in [2.05, 4.69) is 10.6 Å². The van der Waals surface area contributed by atoms with Gasteiger partial charge in [0.15, 0.2) is 11.5 Å². The lowest BCUT2D eigenvalue weighted by atomic mass is 10.00. The summed E-state index contributed by atoms with van der Waals surface area (Å²) in [5.41, 5.74) is 0.964. The molecule has 6 heteroatoms. The quantitative estimate of drug-likeness (QED) is 0.773. The first-order valence-electron chi connectivity index (χ1n) is 8.25. The van der Waals surface area contributed by atoms with E-state index in [1.165, 1.54) is 0 Å². The minimum atomic E-state index is -0.370. The number of carbonyl (C=O) groups is 2. The van der Waals surface area contributed by atoms with Crippen LogP contribution >= 0.6 is 0 Å². The number of amides is 2. The van der Waals surface area contributed by atoms with E-state index in [-0.39, 0.29) is 37.0 Å². The van der Waals surface area contributed by atoms with Crippen LogP contribution in [0.3, 0.4) is 0 Å². The minimum Gasteiger partial charge on any atom is -0.454 e. The summed E-state index contributed by atoms with van der Waals surface area (Å²) >= 11 is 0. The molecule has 0 bridgehead atoms. The van der Waals surface area contributed by atoms with Crippen molar-refractivity contribution in [2.45, 2.75) is 32.2 Å². The average Bonchev–Trinajstić information content (AvgIpc) is 3.03. The van der Waals surface area contributed by atoms with Crippen molar-refractivity contribution >= 4 is 11.8 Å². The van der Waals surface area contributed by atoms with E-state index in [9.17, 15) is 9.59 Å². The maximum atomic E-state index is 12.4. The Bertz CT molecular complexity index is 656. The molecular weight excluding hydrogens is 308 g/mol. The maximum absolute atomic E-state index is 12.4. The Balaban J connectivity index is 1.80. The highest BCUT2D eigenvalue weighted by Crippen LogP contribution is 2.35. The largest absolute Gasteiger partial charge is 0.454 e. The molecular formula is C18H22N2O4. The second kappa shape index (κ2) is 7.38. The van der Waals surface area contributed by atoms with Gasteiger partial charge < -0.3 is 20.1 Å². The zero-order valence-electron chi connectivity index (χ0n) is 13.7. The monoisotopic (exact) mass is 330 g/mol. The molecule has 0 saturated carbocycles. The predicted octanol–water partition coefficient (Wildman–Crippen LogP) is 2.06. The molecule has 0 radical (unpaired) electrons. The molecule has 2 amide bonds. The molecule has 2 N–H and O–H groups in total. The smallest absolute Gasteiger partial charge is 0.231 e. The molecule has 0 aliphatic carbocycles. The first kappa shape index (κ1) is 16.4. The molecule has 0 spiro atoms. The lowest BCUT2D eigenvalue weighted by Crippen LogP contribution is -2.36. The zero-order valence-corrected chi connectivity index (χ0v) is 13.7. The van der Waals surface area contributed by atoms with E-state index in [1.807, 2.05) is 30.4 Å². The summed E-state index contributed by atoms with van der Waals surface area (Å²) in [6, 6.07) is 5.55. The fraction of sp³-hybridized carbons (Fsp3) is 0.444. The van der Waals surface area contributed by atoms with Gasteiger partial charge >= 0.3 is 0 Å². The summed E-state index contributed by atoms with van der Waals surface area (Å²) in [7, 11) is 0. The van der Waals surface area contributed by atoms with Gasteiger partial charge in [0.1, 0.15) is 0 Å². The van der Waals surface area contributed by atoms with Crippen LogP contribution < -0.4 is 20.1 Å². The fourth-order valence-corrected chi connectivity index (χ4v) is 2.81. The van der Waals surface area contributed by atoms with Gasteiger partial charge in [-0.15, -0.1) is 0 Å². The highest BCUT2D eigenvalue weighted by molar-refractivity contribution is 5.85. The number of hydrogen-bond donors (Lipinski definition) is 2. The van der Waals surface area contributed by atoms with Crippen molar-refractivity contribution in [2.24, 2.45) is 5.92 Å². The normalized spacial score (nSPS) is 25.9. The number of fused-ring (bicyclic) bond motifs is 1. The average molecular weight is 330 g/mol. The van der Waals surface area contributed by atoms with Crippen molar-refractivity contribution in [2.75, 3.05) is 13.3 Å². The van der Waals surface area contributed by atoms with Crippen LogP contribution in [-0.2, 0) is 9.59 Å². The van der Waals surface area contributed by atoms with Crippen molar-refractivity contribution in [3.05, 3.63) is 35.9 Å². The summed E-state index contributed by atoms with van der Waals surface area (Å²) < 4.78 is 10.8. The molecule has 0 unspecified atom stereocenters. The van der Waals surface area contributed by atoms with Crippen molar-refractivity contribution in [1.82, 2.24) is 10.6 Å². The lowest BCUT2D eigenvalue weighted by molar-refractivity contribution is -0.130. The summed E-state index contributed by atoms with van der Waals surface area (Å²) in [6.07, 6.45) is 5.72. The van der Waals surface area contributed by atoms with E-state index in [1.54, 1.807) is 6.92 Å². The molecule has 2 aliphatic rings. The van der Waals surface area contributed by atoms with E-state index in [4.69, 9.17) is 9.47 Å². The van der Waals surface area contributed by atoms with E-state index in [0.29, 0.717) is 18.7 Å². The second-order valence-electron chi connectivity index (χ2n) is 6.12. The van der Waals surface area contributed by atoms with Crippen LogP contribution in [-0.4, -0.2) is 25.2 Å². The molecule has 6 nitrogen and oxygen atoms in total. The van der Waals surface area contributed by atoms with Gasteiger partial charge in [-0.3, -0.25) is 9.59 Å². The highest BCUT2D eigenvalue weighted by Gasteiger charge is 2.23. The van der Waals surface area contributed by atoms with Crippen molar-refractivity contribution < 1.29 is 19.1 Å². The zero-order chi connectivity index (χ0) is 16.9. The van der Waals surface area contributed by atoms with E-state index in [0.717, 1.165) is 17.7 Å². The highest BCUT2D eigenvalue weighted by atomic mass is 16.7. The molecule has 3 rings (SSSR count). The van der Waals surface area contributed by atoms with E-state index >= 15 is 0 Å². The summed E-state index contributed by atoms with van der Waals surface area (Å²) in [5.74, 6) is 0.834. The second-order valence-corrected chi connectivity index (χ2v) is 6.12. The van der Waals surface area contributed by atoms with E-state index < -0.39 is 0 Å². The lowest BCUT2D eigenvalue weighted by Gasteiger charge is -2.21. The number of nitrogens with one attached hydrogen (secondary N) is 2. The molecule has 2 aliphatic heterocycles. The van der Waals surface area contributed by atoms with Crippen LogP contribution in [0.2, 0.25) is 0 Å². The first-order valence-corrected chi connectivity index (χ1v) is 8.25. The summed E-state index contributed by atoms with van der Waals surface area (Å²) in [6.45, 7) is 2.59. The van der Waals surface area contributed by atoms with Gasteiger partial charge in [0.25, 0.3) is 0 Å². The Hall–Kier alpha value is -2.50. The Kier molecular flexibility index (Phi) is 5.03. The van der Waals surface area contributed by atoms with Gasteiger partial charge in [0, 0.05) is 18.9 Å². The van der Waals surface area contributed by atoms with Gasteiger partial charge in [-0.25, -0.2) is 0 Å². The molecule has 128 valence electrons. The van der Waals surface area contributed by atoms with Crippen LogP contribution in [0.15, 0.2) is 30.4 Å². The molecule has 1 aromatic carbocycles. The Labute approximate surface area is 141 Å². The number of carbonyl (C=O) groups excluding carboxylic acids is 2. The standard InChI is InChI=1S/C18H22N2O4/c1-12-9-17(21)19-8-4-2-3-5-14(20-18(12)22)13-6-7-15-16(10-13)24-11-23-15/h2-3,6-7,10,12,14H,4-5,8-9,11H2,1H3,(H,19,21)(H,20,22)/b3-2-/t12-,14+/m1/s1. The van der Waals surface area contributed by atoms with Crippen LogP contribution in [0, 0.1) is 5.92 Å². The molecule has 2 heterocycles. The van der Waals surface area contributed by atoms with Crippen molar-refractivity contribution in [3.8, 4) is 11.5 Å². The molecule has 0 aromatic heterocycles.